The van der Waals surface area contributed by atoms with E-state index in [2.05, 4.69) is 6.07 Å². The van der Waals surface area contributed by atoms with Gasteiger partial charge in [-0.05, 0) is 43.0 Å². The van der Waals surface area contributed by atoms with Crippen molar-refractivity contribution >= 4 is 11.8 Å². The molecule has 1 aliphatic rings. The van der Waals surface area contributed by atoms with E-state index in [0.29, 0.717) is 25.2 Å². The van der Waals surface area contributed by atoms with Crippen molar-refractivity contribution in [2.75, 3.05) is 6.61 Å². The lowest BCUT2D eigenvalue weighted by molar-refractivity contribution is -0.137. The van der Waals surface area contributed by atoms with Crippen LogP contribution in [0.1, 0.15) is 40.7 Å². The second-order valence-electron chi connectivity index (χ2n) is 6.14. The average Bonchev–Trinajstić information content (AvgIpc) is 2.91. The van der Waals surface area contributed by atoms with Crippen LogP contribution in [-0.4, -0.2) is 23.5 Å². The maximum Gasteiger partial charge on any atom is 0.303 e. The zero-order valence-electron chi connectivity index (χ0n) is 13.7. The molecule has 4 nitrogen and oxygen atoms in total. The summed E-state index contributed by atoms with van der Waals surface area (Å²) in [6.45, 7) is 2.35. The highest BCUT2D eigenvalue weighted by Gasteiger charge is 2.22. The first-order chi connectivity index (χ1) is 11.5. The lowest BCUT2D eigenvalue weighted by atomic mass is 9.98. The maximum atomic E-state index is 12.0. The van der Waals surface area contributed by atoms with Gasteiger partial charge in [0.15, 0.2) is 5.78 Å². The van der Waals surface area contributed by atoms with Crippen LogP contribution < -0.4 is 4.74 Å². The number of carbonyl (C=O) groups excluding carboxylic acids is 1. The van der Waals surface area contributed by atoms with E-state index in [1.165, 1.54) is 0 Å². The van der Waals surface area contributed by atoms with Crippen LogP contribution in [0.4, 0.5) is 0 Å². The molecule has 0 spiro atoms. The highest BCUT2D eigenvalue weighted by atomic mass is 16.5. The molecule has 24 heavy (non-hydrogen) atoms. The Morgan fingerprint density at radius 2 is 2.00 bits per heavy atom. The first-order valence-electron chi connectivity index (χ1n) is 8.16. The molecule has 124 valence electrons. The molecule has 1 N–H and O–H groups in total. The van der Waals surface area contributed by atoms with Crippen LogP contribution in [0, 0.1) is 6.92 Å². The number of ketones is 1. The van der Waals surface area contributed by atoms with Crippen LogP contribution in [0.2, 0.25) is 0 Å². The molecule has 0 aliphatic heterocycles. The van der Waals surface area contributed by atoms with Crippen molar-refractivity contribution in [3.63, 3.8) is 0 Å². The van der Waals surface area contributed by atoms with Crippen molar-refractivity contribution in [3.05, 3.63) is 53.1 Å². The summed E-state index contributed by atoms with van der Waals surface area (Å²) in [7, 11) is 0. The molecule has 0 atom stereocenters. The van der Waals surface area contributed by atoms with Gasteiger partial charge in [-0.15, -0.1) is 0 Å². The number of aryl methyl sites for hydroxylation is 2. The van der Waals surface area contributed by atoms with Gasteiger partial charge in [0.25, 0.3) is 0 Å². The van der Waals surface area contributed by atoms with E-state index in [1.54, 1.807) is 0 Å². The molecule has 2 aromatic rings. The third-order valence-electron chi connectivity index (χ3n) is 4.25. The van der Waals surface area contributed by atoms with Gasteiger partial charge in [-0.1, -0.05) is 29.8 Å². The third kappa shape index (κ3) is 3.48. The summed E-state index contributed by atoms with van der Waals surface area (Å²) < 4.78 is 5.84. The number of rotatable bonds is 6. The van der Waals surface area contributed by atoms with Crippen molar-refractivity contribution in [1.29, 1.82) is 0 Å². The molecule has 1 aliphatic carbocycles. The highest BCUT2D eigenvalue weighted by molar-refractivity contribution is 6.01. The van der Waals surface area contributed by atoms with E-state index in [4.69, 9.17) is 9.84 Å². The fraction of sp³-hybridized carbons (Fsp3) is 0.300. The summed E-state index contributed by atoms with van der Waals surface area (Å²) in [6, 6.07) is 12.0. The zero-order valence-corrected chi connectivity index (χ0v) is 13.7. The second kappa shape index (κ2) is 6.87. The summed E-state index contributed by atoms with van der Waals surface area (Å²) in [6.07, 6.45) is 1.83. The molecule has 0 amide bonds. The Hall–Kier alpha value is -2.62. The van der Waals surface area contributed by atoms with Gasteiger partial charge in [0.05, 0.1) is 6.61 Å². The number of fused-ring (bicyclic) bond motifs is 1. The van der Waals surface area contributed by atoms with E-state index >= 15 is 0 Å². The van der Waals surface area contributed by atoms with Crippen molar-refractivity contribution in [3.8, 4) is 16.9 Å². The number of Topliss-reactive ketones (excluding diaryl/α,β-unsaturated/α-hetero) is 1. The van der Waals surface area contributed by atoms with E-state index < -0.39 is 5.97 Å². The minimum absolute atomic E-state index is 0.0731. The Bertz CT molecular complexity index is 792. The quantitative estimate of drug-likeness (QED) is 0.815. The Morgan fingerprint density at radius 1 is 1.17 bits per heavy atom. The number of carbonyl (C=O) groups is 2. The standard InChI is InChI=1S/C20H20O4/c1-13-4-2-5-14(10-13)17-11-15-7-8-18(21)16(15)12-19(17)24-9-3-6-20(22)23/h2,4-5,10-12H,3,6-9H2,1H3,(H,22,23). The summed E-state index contributed by atoms with van der Waals surface area (Å²) in [4.78, 5) is 22.6. The summed E-state index contributed by atoms with van der Waals surface area (Å²) >= 11 is 0. The van der Waals surface area contributed by atoms with E-state index in [-0.39, 0.29) is 12.2 Å². The van der Waals surface area contributed by atoms with Crippen LogP contribution in [0.5, 0.6) is 5.75 Å². The first-order valence-corrected chi connectivity index (χ1v) is 8.16. The lowest BCUT2D eigenvalue weighted by Gasteiger charge is -2.14. The Balaban J connectivity index is 1.93. The molecule has 2 aromatic carbocycles. The molecule has 0 bridgehead atoms. The van der Waals surface area contributed by atoms with Gasteiger partial charge in [-0.2, -0.15) is 0 Å². The number of carboxylic acids is 1. The highest BCUT2D eigenvalue weighted by Crippen LogP contribution is 2.36. The molecule has 0 aromatic heterocycles. The number of carboxylic acid groups (broad SMARTS) is 1. The Morgan fingerprint density at radius 3 is 2.75 bits per heavy atom. The Labute approximate surface area is 141 Å². The normalized spacial score (nSPS) is 13.0. The first kappa shape index (κ1) is 16.2. The largest absolute Gasteiger partial charge is 0.493 e. The molecule has 0 unspecified atom stereocenters. The number of aliphatic carboxylic acids is 1. The molecule has 0 saturated carbocycles. The van der Waals surface area contributed by atoms with Gasteiger partial charge in [0.1, 0.15) is 5.75 Å². The Kier molecular flexibility index (Phi) is 4.65. The summed E-state index contributed by atoms with van der Waals surface area (Å²) in [5, 5.41) is 8.74. The van der Waals surface area contributed by atoms with Gasteiger partial charge in [0.2, 0.25) is 0 Å². The number of ether oxygens (including phenoxy) is 1. The number of hydrogen-bond acceptors (Lipinski definition) is 3. The van der Waals surface area contributed by atoms with Crippen LogP contribution in [0.3, 0.4) is 0 Å². The molecular formula is C20H20O4. The zero-order chi connectivity index (χ0) is 17.1. The number of benzene rings is 2. The maximum absolute atomic E-state index is 12.0. The van der Waals surface area contributed by atoms with Gasteiger partial charge in [-0.25, -0.2) is 0 Å². The fourth-order valence-corrected chi connectivity index (χ4v) is 3.04. The summed E-state index contributed by atoms with van der Waals surface area (Å²) in [5.41, 5.74) is 4.96. The molecule has 4 heteroatoms. The minimum atomic E-state index is -0.832. The molecule has 0 saturated heterocycles. The van der Waals surface area contributed by atoms with Crippen molar-refractivity contribution in [1.82, 2.24) is 0 Å². The van der Waals surface area contributed by atoms with Crippen LogP contribution in [0.15, 0.2) is 36.4 Å². The summed E-state index contributed by atoms with van der Waals surface area (Å²) in [5.74, 6) is -0.0298. The van der Waals surface area contributed by atoms with Crippen molar-refractivity contribution in [2.24, 2.45) is 0 Å². The molecular weight excluding hydrogens is 304 g/mol. The predicted molar refractivity (Wildman–Crippen MR) is 91.6 cm³/mol. The topological polar surface area (TPSA) is 63.6 Å². The van der Waals surface area contributed by atoms with Crippen LogP contribution in [-0.2, 0) is 11.2 Å². The van der Waals surface area contributed by atoms with Crippen molar-refractivity contribution < 1.29 is 19.4 Å². The van der Waals surface area contributed by atoms with E-state index in [0.717, 1.165) is 34.2 Å². The molecule has 0 heterocycles. The average molecular weight is 324 g/mol. The van der Waals surface area contributed by atoms with Gasteiger partial charge in [0, 0.05) is 24.0 Å². The number of hydrogen-bond donors (Lipinski definition) is 1. The SMILES string of the molecule is Cc1cccc(-c2cc3c(cc2OCCCC(=O)O)C(=O)CC3)c1. The van der Waals surface area contributed by atoms with Gasteiger partial charge < -0.3 is 9.84 Å². The molecule has 0 radical (unpaired) electrons. The second-order valence-corrected chi connectivity index (χ2v) is 6.14. The molecule has 0 fully saturated rings. The van der Waals surface area contributed by atoms with Gasteiger partial charge >= 0.3 is 5.97 Å². The van der Waals surface area contributed by atoms with Crippen LogP contribution >= 0.6 is 0 Å². The van der Waals surface area contributed by atoms with E-state index in [9.17, 15) is 9.59 Å². The lowest BCUT2D eigenvalue weighted by Crippen LogP contribution is -2.04. The smallest absolute Gasteiger partial charge is 0.303 e. The van der Waals surface area contributed by atoms with E-state index in [1.807, 2.05) is 37.3 Å². The minimum Gasteiger partial charge on any atom is -0.493 e. The molecule has 3 rings (SSSR count). The van der Waals surface area contributed by atoms with Crippen molar-refractivity contribution in [2.45, 2.75) is 32.6 Å². The third-order valence-corrected chi connectivity index (χ3v) is 4.25. The fourth-order valence-electron chi connectivity index (χ4n) is 3.04. The van der Waals surface area contributed by atoms with Crippen LogP contribution in [0.25, 0.3) is 11.1 Å². The monoisotopic (exact) mass is 324 g/mol. The van der Waals surface area contributed by atoms with Gasteiger partial charge in [-0.3, -0.25) is 9.59 Å². The predicted octanol–water partition coefficient (Wildman–Crippen LogP) is 4.03.